The van der Waals surface area contributed by atoms with Crippen LogP contribution in [0.3, 0.4) is 0 Å². The van der Waals surface area contributed by atoms with Crippen LogP contribution in [0, 0.1) is 13.8 Å². The van der Waals surface area contributed by atoms with Crippen molar-refractivity contribution >= 4 is 17.3 Å². The molecule has 3 rings (SSSR count). The Morgan fingerprint density at radius 1 is 1.53 bits per heavy atom. The van der Waals surface area contributed by atoms with Crippen molar-refractivity contribution in [3.8, 4) is 0 Å². The van der Waals surface area contributed by atoms with E-state index in [0.717, 1.165) is 21.7 Å². The van der Waals surface area contributed by atoms with Gasteiger partial charge in [0.25, 0.3) is 0 Å². The van der Waals surface area contributed by atoms with E-state index in [4.69, 9.17) is 9.26 Å². The van der Waals surface area contributed by atoms with Crippen molar-refractivity contribution in [1.29, 1.82) is 0 Å². The van der Waals surface area contributed by atoms with Crippen molar-refractivity contribution in [2.45, 2.75) is 39.2 Å². The first-order valence-corrected chi connectivity index (χ1v) is 7.21. The Morgan fingerprint density at radius 2 is 2.32 bits per heavy atom. The fraction of sp³-hybridized carbons (Fsp3) is 0.429. The van der Waals surface area contributed by atoms with Crippen LogP contribution in [-0.2, 0) is 11.3 Å². The van der Waals surface area contributed by atoms with Gasteiger partial charge in [0.1, 0.15) is 17.2 Å². The smallest absolute Gasteiger partial charge is 0.348 e. The molecule has 1 fully saturated rings. The quantitative estimate of drug-likeness (QED) is 0.801. The second-order valence-corrected chi connectivity index (χ2v) is 5.77. The maximum atomic E-state index is 12.1. The molecule has 5 heteroatoms. The van der Waals surface area contributed by atoms with Gasteiger partial charge in [-0.05, 0) is 49.6 Å². The van der Waals surface area contributed by atoms with Crippen molar-refractivity contribution in [2.24, 2.45) is 0 Å². The summed E-state index contributed by atoms with van der Waals surface area (Å²) in [6.45, 7) is 3.90. The number of hydrogen-bond donors (Lipinski definition) is 0. The van der Waals surface area contributed by atoms with Gasteiger partial charge >= 0.3 is 5.97 Å². The van der Waals surface area contributed by atoms with Crippen LogP contribution in [0.4, 0.5) is 0 Å². The average molecular weight is 277 g/mol. The molecule has 0 aliphatic heterocycles. The summed E-state index contributed by atoms with van der Waals surface area (Å²) in [5, 5.41) is 5.81. The number of aromatic nitrogens is 1. The molecule has 2 heterocycles. The van der Waals surface area contributed by atoms with E-state index >= 15 is 0 Å². The molecule has 0 saturated heterocycles. The van der Waals surface area contributed by atoms with E-state index in [-0.39, 0.29) is 12.6 Å². The first-order chi connectivity index (χ1) is 9.16. The van der Waals surface area contributed by atoms with E-state index < -0.39 is 0 Å². The van der Waals surface area contributed by atoms with Crippen LogP contribution < -0.4 is 0 Å². The van der Waals surface area contributed by atoms with Gasteiger partial charge in [-0.15, -0.1) is 11.3 Å². The molecule has 0 spiro atoms. The zero-order valence-corrected chi connectivity index (χ0v) is 11.8. The summed E-state index contributed by atoms with van der Waals surface area (Å²) in [7, 11) is 0. The summed E-state index contributed by atoms with van der Waals surface area (Å²) in [6.07, 6.45) is 2.36. The molecule has 100 valence electrons. The molecule has 0 radical (unpaired) electrons. The van der Waals surface area contributed by atoms with Crippen LogP contribution in [0.5, 0.6) is 0 Å². The van der Waals surface area contributed by atoms with E-state index in [1.807, 2.05) is 25.3 Å². The number of carbonyl (C=O) groups excluding carboxylic acids is 1. The van der Waals surface area contributed by atoms with Crippen LogP contribution in [-0.4, -0.2) is 11.1 Å². The predicted octanol–water partition coefficient (Wildman–Crippen LogP) is 3.59. The Hall–Kier alpha value is -1.62. The van der Waals surface area contributed by atoms with Gasteiger partial charge in [-0.3, -0.25) is 0 Å². The highest BCUT2D eigenvalue weighted by molar-refractivity contribution is 7.12. The Kier molecular flexibility index (Phi) is 3.14. The Bertz CT molecular complexity index is 590. The summed E-state index contributed by atoms with van der Waals surface area (Å²) in [4.78, 5) is 12.9. The molecule has 2 aromatic rings. The number of esters is 1. The maximum absolute atomic E-state index is 12.1. The SMILES string of the molecule is Cc1noc(C)c1COC(=O)c1sccc1C1CC1. The van der Waals surface area contributed by atoms with Gasteiger partial charge < -0.3 is 9.26 Å². The topological polar surface area (TPSA) is 52.3 Å². The molecule has 2 aromatic heterocycles. The summed E-state index contributed by atoms with van der Waals surface area (Å²) in [5.41, 5.74) is 2.78. The summed E-state index contributed by atoms with van der Waals surface area (Å²) in [6, 6.07) is 2.04. The molecule has 1 aliphatic carbocycles. The number of nitrogens with zero attached hydrogens (tertiary/aromatic N) is 1. The maximum Gasteiger partial charge on any atom is 0.348 e. The average Bonchev–Trinajstić information content (AvgIpc) is 3.04. The molecule has 19 heavy (non-hydrogen) atoms. The van der Waals surface area contributed by atoms with Crippen LogP contribution in [0.2, 0.25) is 0 Å². The number of thiophene rings is 1. The van der Waals surface area contributed by atoms with Crippen molar-refractivity contribution in [3.63, 3.8) is 0 Å². The van der Waals surface area contributed by atoms with E-state index in [9.17, 15) is 4.79 Å². The first-order valence-electron chi connectivity index (χ1n) is 6.33. The van der Waals surface area contributed by atoms with Gasteiger partial charge in [-0.25, -0.2) is 4.79 Å². The Balaban J connectivity index is 1.70. The molecule has 0 N–H and O–H groups in total. The number of rotatable bonds is 4. The standard InChI is InChI=1S/C14H15NO3S/c1-8-12(9(2)18-15-8)7-17-14(16)13-11(5-6-19-13)10-3-4-10/h5-6,10H,3-4,7H2,1-2H3. The molecule has 0 amide bonds. The molecular formula is C14H15NO3S. The van der Waals surface area contributed by atoms with E-state index in [0.29, 0.717) is 11.7 Å². The second kappa shape index (κ2) is 4.81. The first kappa shape index (κ1) is 12.4. The molecule has 0 unspecified atom stereocenters. The number of ether oxygens (including phenoxy) is 1. The lowest BCUT2D eigenvalue weighted by Gasteiger charge is -2.04. The third kappa shape index (κ3) is 2.42. The van der Waals surface area contributed by atoms with Crippen LogP contribution >= 0.6 is 11.3 Å². The molecule has 1 saturated carbocycles. The minimum Gasteiger partial charge on any atom is -0.456 e. The van der Waals surface area contributed by atoms with Crippen molar-refractivity contribution in [3.05, 3.63) is 38.9 Å². The van der Waals surface area contributed by atoms with Gasteiger partial charge in [-0.1, -0.05) is 5.16 Å². The number of hydrogen-bond acceptors (Lipinski definition) is 5. The summed E-state index contributed by atoms with van der Waals surface area (Å²) < 4.78 is 10.4. The van der Waals surface area contributed by atoms with Crippen LogP contribution in [0.15, 0.2) is 16.0 Å². The lowest BCUT2D eigenvalue weighted by atomic mass is 10.2. The van der Waals surface area contributed by atoms with Crippen molar-refractivity contribution in [2.75, 3.05) is 0 Å². The Labute approximate surface area is 115 Å². The lowest BCUT2D eigenvalue weighted by Crippen LogP contribution is -2.06. The third-order valence-corrected chi connectivity index (χ3v) is 4.34. The molecule has 4 nitrogen and oxygen atoms in total. The molecule has 0 aromatic carbocycles. The van der Waals surface area contributed by atoms with Crippen LogP contribution in [0.25, 0.3) is 0 Å². The summed E-state index contributed by atoms with van der Waals surface area (Å²) >= 11 is 1.46. The minimum atomic E-state index is -0.239. The second-order valence-electron chi connectivity index (χ2n) is 4.86. The number of aryl methyl sites for hydroxylation is 2. The third-order valence-electron chi connectivity index (χ3n) is 3.43. The lowest BCUT2D eigenvalue weighted by molar-refractivity contribution is 0.0475. The molecular weight excluding hydrogens is 262 g/mol. The molecule has 1 aliphatic rings. The van der Waals surface area contributed by atoms with E-state index in [1.165, 1.54) is 24.2 Å². The monoisotopic (exact) mass is 277 g/mol. The molecule has 0 atom stereocenters. The zero-order chi connectivity index (χ0) is 13.4. The normalized spacial score (nSPS) is 14.6. The van der Waals surface area contributed by atoms with Gasteiger partial charge in [-0.2, -0.15) is 0 Å². The highest BCUT2D eigenvalue weighted by Gasteiger charge is 2.29. The molecule has 0 bridgehead atoms. The zero-order valence-electron chi connectivity index (χ0n) is 10.9. The fourth-order valence-electron chi connectivity index (χ4n) is 2.11. The van der Waals surface area contributed by atoms with Gasteiger partial charge in [0, 0.05) is 0 Å². The van der Waals surface area contributed by atoms with E-state index in [2.05, 4.69) is 5.16 Å². The highest BCUT2D eigenvalue weighted by atomic mass is 32.1. The number of carbonyl (C=O) groups is 1. The van der Waals surface area contributed by atoms with Gasteiger partial charge in [0.2, 0.25) is 0 Å². The van der Waals surface area contributed by atoms with E-state index in [1.54, 1.807) is 0 Å². The highest BCUT2D eigenvalue weighted by Crippen LogP contribution is 2.43. The van der Waals surface area contributed by atoms with Crippen molar-refractivity contribution < 1.29 is 14.1 Å². The van der Waals surface area contributed by atoms with Crippen molar-refractivity contribution in [1.82, 2.24) is 5.16 Å². The van der Waals surface area contributed by atoms with Crippen LogP contribution in [0.1, 0.15) is 51.0 Å². The largest absolute Gasteiger partial charge is 0.456 e. The Morgan fingerprint density at radius 3 is 2.95 bits per heavy atom. The minimum absolute atomic E-state index is 0.224. The predicted molar refractivity (Wildman–Crippen MR) is 71.4 cm³/mol. The van der Waals surface area contributed by atoms with Gasteiger partial charge in [0.15, 0.2) is 0 Å². The summed E-state index contributed by atoms with van der Waals surface area (Å²) in [5.74, 6) is 1.03. The fourth-order valence-corrected chi connectivity index (χ4v) is 2.99. The van der Waals surface area contributed by atoms with Gasteiger partial charge in [0.05, 0.1) is 11.3 Å².